The molecule has 3 rings (SSSR count). The smallest absolute Gasteiger partial charge is 0.328 e. The summed E-state index contributed by atoms with van der Waals surface area (Å²) in [5.74, 6) is -1.19. The second-order valence-electron chi connectivity index (χ2n) is 8.13. The molecule has 154 valence electrons. The number of amides is 2. The van der Waals surface area contributed by atoms with Gasteiger partial charge in [0.2, 0.25) is 5.91 Å². The summed E-state index contributed by atoms with van der Waals surface area (Å²) in [5, 5.41) is 14.7. The summed E-state index contributed by atoms with van der Waals surface area (Å²) < 4.78 is 0. The molecule has 0 atom stereocenters. The van der Waals surface area contributed by atoms with Gasteiger partial charge in [-0.3, -0.25) is 9.59 Å². The van der Waals surface area contributed by atoms with Crippen molar-refractivity contribution < 1.29 is 19.5 Å². The molecular formula is C22H27N3O4. The fraction of sp³-hybridized carbons (Fsp3) is 0.409. The van der Waals surface area contributed by atoms with Gasteiger partial charge in [0, 0.05) is 17.8 Å². The lowest BCUT2D eigenvalue weighted by Gasteiger charge is -2.30. The van der Waals surface area contributed by atoms with Crippen molar-refractivity contribution in [3.8, 4) is 0 Å². The zero-order valence-corrected chi connectivity index (χ0v) is 16.7. The van der Waals surface area contributed by atoms with Crippen LogP contribution in [0.25, 0.3) is 0 Å². The van der Waals surface area contributed by atoms with Gasteiger partial charge in [0.1, 0.15) is 11.2 Å². The van der Waals surface area contributed by atoms with Gasteiger partial charge < -0.3 is 20.7 Å². The Morgan fingerprint density at radius 2 is 1.69 bits per heavy atom. The highest BCUT2D eigenvalue weighted by Crippen LogP contribution is 2.36. The minimum Gasteiger partial charge on any atom is -0.480 e. The van der Waals surface area contributed by atoms with Gasteiger partial charge in [0.15, 0.2) is 0 Å². The summed E-state index contributed by atoms with van der Waals surface area (Å²) in [4.78, 5) is 38.5. The van der Waals surface area contributed by atoms with Crippen molar-refractivity contribution in [1.82, 2.24) is 10.3 Å². The van der Waals surface area contributed by atoms with E-state index in [-0.39, 0.29) is 17.7 Å². The van der Waals surface area contributed by atoms with Crippen LogP contribution in [0.3, 0.4) is 0 Å². The Labute approximate surface area is 169 Å². The highest BCUT2D eigenvalue weighted by Gasteiger charge is 2.33. The Morgan fingerprint density at radius 1 is 1.03 bits per heavy atom. The molecule has 1 aliphatic rings. The first-order valence-electron chi connectivity index (χ1n) is 9.86. The highest BCUT2D eigenvalue weighted by atomic mass is 16.4. The maximum atomic E-state index is 12.4. The van der Waals surface area contributed by atoms with Gasteiger partial charge in [-0.2, -0.15) is 0 Å². The van der Waals surface area contributed by atoms with Crippen LogP contribution < -0.4 is 10.6 Å². The summed E-state index contributed by atoms with van der Waals surface area (Å²) in [6.07, 6.45) is 4.92. The average Bonchev–Trinajstić information content (AvgIpc) is 3.23. The Hall–Kier alpha value is -3.09. The minimum atomic E-state index is -1.26. The predicted octanol–water partition coefficient (Wildman–Crippen LogP) is 3.52. The van der Waals surface area contributed by atoms with E-state index in [4.69, 9.17) is 5.11 Å². The van der Waals surface area contributed by atoms with E-state index in [1.807, 2.05) is 24.3 Å². The number of H-pyrrole nitrogens is 1. The molecular weight excluding hydrogens is 370 g/mol. The third-order valence-corrected chi connectivity index (χ3v) is 5.55. The Bertz CT molecular complexity index is 864. The van der Waals surface area contributed by atoms with E-state index < -0.39 is 11.5 Å². The quantitative estimate of drug-likeness (QED) is 0.597. The fourth-order valence-corrected chi connectivity index (χ4v) is 3.66. The van der Waals surface area contributed by atoms with Crippen LogP contribution in [0.15, 0.2) is 42.6 Å². The summed E-state index contributed by atoms with van der Waals surface area (Å²) in [6, 6.07) is 11.3. The number of carboxylic acids is 1. The molecule has 4 N–H and O–H groups in total. The first-order valence-corrected chi connectivity index (χ1v) is 9.86. The van der Waals surface area contributed by atoms with Crippen molar-refractivity contribution in [2.75, 3.05) is 5.32 Å². The molecule has 0 radical (unpaired) electrons. The van der Waals surface area contributed by atoms with E-state index in [0.29, 0.717) is 11.6 Å². The Morgan fingerprint density at radius 3 is 2.24 bits per heavy atom. The van der Waals surface area contributed by atoms with Crippen molar-refractivity contribution in [3.05, 3.63) is 53.9 Å². The lowest BCUT2D eigenvalue weighted by Crippen LogP contribution is -2.51. The van der Waals surface area contributed by atoms with Crippen molar-refractivity contribution >= 4 is 23.5 Å². The van der Waals surface area contributed by atoms with Crippen molar-refractivity contribution in [2.45, 2.75) is 51.0 Å². The number of rotatable bonds is 6. The Balaban J connectivity index is 1.52. The zero-order chi connectivity index (χ0) is 21.0. The van der Waals surface area contributed by atoms with Gasteiger partial charge in [-0.05, 0) is 75.3 Å². The van der Waals surface area contributed by atoms with E-state index in [2.05, 4.69) is 15.6 Å². The van der Waals surface area contributed by atoms with Gasteiger partial charge in [-0.25, -0.2) is 4.79 Å². The second kappa shape index (κ2) is 8.51. The molecule has 0 bridgehead atoms. The molecule has 0 spiro atoms. The Kier molecular flexibility index (Phi) is 6.06. The predicted molar refractivity (Wildman–Crippen MR) is 110 cm³/mol. The monoisotopic (exact) mass is 397 g/mol. The van der Waals surface area contributed by atoms with Crippen LogP contribution in [-0.2, 0) is 9.59 Å². The van der Waals surface area contributed by atoms with Crippen LogP contribution in [0.1, 0.15) is 61.5 Å². The molecule has 7 nitrogen and oxygen atoms in total. The van der Waals surface area contributed by atoms with E-state index in [9.17, 15) is 14.4 Å². The van der Waals surface area contributed by atoms with Crippen molar-refractivity contribution in [1.29, 1.82) is 0 Å². The highest BCUT2D eigenvalue weighted by molar-refractivity contribution is 6.02. The van der Waals surface area contributed by atoms with E-state index >= 15 is 0 Å². The molecule has 1 fully saturated rings. The zero-order valence-electron chi connectivity index (χ0n) is 16.7. The van der Waals surface area contributed by atoms with Gasteiger partial charge in [-0.15, -0.1) is 0 Å². The van der Waals surface area contributed by atoms with Crippen molar-refractivity contribution in [2.24, 2.45) is 5.92 Å². The molecule has 1 aromatic heterocycles. The molecule has 1 heterocycles. The number of benzene rings is 1. The normalized spacial score (nSPS) is 19.4. The van der Waals surface area contributed by atoms with Crippen LogP contribution in [0.2, 0.25) is 0 Å². The molecule has 0 saturated heterocycles. The average molecular weight is 397 g/mol. The number of aromatic nitrogens is 1. The third-order valence-electron chi connectivity index (χ3n) is 5.55. The summed E-state index contributed by atoms with van der Waals surface area (Å²) in [5.41, 5.74) is 1.18. The largest absolute Gasteiger partial charge is 0.480 e. The number of carbonyl (C=O) groups is 3. The van der Waals surface area contributed by atoms with Crippen LogP contribution in [0.4, 0.5) is 5.69 Å². The summed E-state index contributed by atoms with van der Waals surface area (Å²) in [6.45, 7) is 2.99. The number of aromatic amines is 1. The van der Waals surface area contributed by atoms with Gasteiger partial charge in [0.05, 0.1) is 0 Å². The molecule has 0 aliphatic heterocycles. The number of nitrogens with one attached hydrogen (secondary N) is 3. The topological polar surface area (TPSA) is 111 Å². The van der Waals surface area contributed by atoms with Gasteiger partial charge >= 0.3 is 5.97 Å². The lowest BCUT2D eigenvalue weighted by molar-refractivity contribution is -0.146. The maximum absolute atomic E-state index is 12.4. The van der Waals surface area contributed by atoms with E-state index in [1.54, 1.807) is 18.3 Å². The molecule has 2 amide bonds. The molecule has 1 aromatic carbocycles. The van der Waals surface area contributed by atoms with Crippen molar-refractivity contribution in [3.63, 3.8) is 0 Å². The molecule has 7 heteroatoms. The van der Waals surface area contributed by atoms with Crippen LogP contribution in [0.5, 0.6) is 0 Å². The van der Waals surface area contributed by atoms with Crippen LogP contribution >= 0.6 is 0 Å². The molecule has 1 aliphatic carbocycles. The minimum absolute atomic E-state index is 0.149. The van der Waals surface area contributed by atoms with Gasteiger partial charge in [0.25, 0.3) is 5.91 Å². The SMILES string of the molecule is CC(C)(NC(=O)[C@H]1CC[C@H](c2ccc(NC(=O)c3ccc[nH]3)cc2)CC1)C(=O)O. The molecule has 1 saturated carbocycles. The lowest BCUT2D eigenvalue weighted by atomic mass is 9.78. The maximum Gasteiger partial charge on any atom is 0.328 e. The number of aliphatic carboxylic acids is 1. The third kappa shape index (κ3) is 5.04. The number of anilines is 1. The second-order valence-corrected chi connectivity index (χ2v) is 8.13. The number of hydrogen-bond donors (Lipinski definition) is 4. The first-order chi connectivity index (χ1) is 13.8. The summed E-state index contributed by atoms with van der Waals surface area (Å²) >= 11 is 0. The van der Waals surface area contributed by atoms with Crippen LogP contribution in [0, 0.1) is 5.92 Å². The van der Waals surface area contributed by atoms with Gasteiger partial charge in [-0.1, -0.05) is 12.1 Å². The molecule has 29 heavy (non-hydrogen) atoms. The fourth-order valence-electron chi connectivity index (χ4n) is 3.66. The molecule has 2 aromatic rings. The molecule has 0 unspecified atom stereocenters. The summed E-state index contributed by atoms with van der Waals surface area (Å²) in [7, 11) is 0. The standard InChI is InChI=1S/C22H27N3O4/c1-22(2,21(28)29)25-19(26)16-7-5-14(6-8-16)15-9-11-17(12-10-15)24-20(27)18-4-3-13-23-18/h3-4,9-14,16,23H,5-8H2,1-2H3,(H,24,27)(H,25,26)(H,28,29)/t14-,16-. The number of hydrogen-bond acceptors (Lipinski definition) is 3. The number of carbonyl (C=O) groups excluding carboxylic acids is 2. The number of carboxylic acid groups (broad SMARTS) is 1. The van der Waals surface area contributed by atoms with E-state index in [0.717, 1.165) is 31.4 Å². The first kappa shape index (κ1) is 20.6. The van der Waals surface area contributed by atoms with E-state index in [1.165, 1.54) is 19.4 Å². The van der Waals surface area contributed by atoms with Crippen LogP contribution in [-0.4, -0.2) is 33.4 Å².